The lowest BCUT2D eigenvalue weighted by molar-refractivity contribution is -0.139. The molecule has 5 heteroatoms. The highest BCUT2D eigenvalue weighted by atomic mass is 127. The van der Waals surface area contributed by atoms with Crippen LogP contribution in [0.1, 0.15) is 22.3 Å². The molecule has 0 amide bonds. The number of ether oxygens (including phenoxy) is 2. The van der Waals surface area contributed by atoms with Crippen molar-refractivity contribution in [2.45, 2.75) is 13.8 Å². The highest BCUT2D eigenvalue weighted by Crippen LogP contribution is 2.26. The number of carboxylic acid groups (broad SMARTS) is 1. The molecular weight excluding hydrogens is 491 g/mol. The SMILES string of the molecule is Cc1ccc(/C(=C\COc2ccc(OCC(=O)O)c(C)c2)c2ccc(I)cc2)cc1. The van der Waals surface area contributed by atoms with Crippen LogP contribution in [0.5, 0.6) is 11.5 Å². The maximum atomic E-state index is 10.7. The zero-order valence-electron chi connectivity index (χ0n) is 16.9. The maximum Gasteiger partial charge on any atom is 0.341 e. The minimum Gasteiger partial charge on any atom is -0.489 e. The first-order valence-corrected chi connectivity index (χ1v) is 10.6. The third-order valence-electron chi connectivity index (χ3n) is 4.55. The van der Waals surface area contributed by atoms with E-state index in [2.05, 4.69) is 84.1 Å². The molecular formula is C25H23IO4. The van der Waals surface area contributed by atoms with Crippen LogP contribution in [0, 0.1) is 17.4 Å². The van der Waals surface area contributed by atoms with Gasteiger partial charge in [-0.1, -0.05) is 42.0 Å². The second-order valence-electron chi connectivity index (χ2n) is 6.91. The summed E-state index contributed by atoms with van der Waals surface area (Å²) in [5, 5.41) is 8.75. The first-order chi connectivity index (χ1) is 14.4. The Balaban J connectivity index is 1.77. The Morgan fingerprint density at radius 2 is 1.57 bits per heavy atom. The summed E-state index contributed by atoms with van der Waals surface area (Å²) in [6.45, 7) is 3.99. The number of benzene rings is 3. The van der Waals surface area contributed by atoms with Crippen LogP contribution in [0.2, 0.25) is 0 Å². The van der Waals surface area contributed by atoms with Crippen LogP contribution >= 0.6 is 22.6 Å². The van der Waals surface area contributed by atoms with Crippen LogP contribution < -0.4 is 9.47 Å². The van der Waals surface area contributed by atoms with Crippen LogP contribution in [-0.2, 0) is 4.79 Å². The molecule has 3 aromatic carbocycles. The summed E-state index contributed by atoms with van der Waals surface area (Å²) in [6, 6.07) is 22.3. The molecule has 0 saturated carbocycles. The molecule has 0 aromatic heterocycles. The Morgan fingerprint density at radius 3 is 2.17 bits per heavy atom. The third kappa shape index (κ3) is 6.10. The van der Waals surface area contributed by atoms with Gasteiger partial charge in [0.05, 0.1) is 0 Å². The van der Waals surface area contributed by atoms with Crippen molar-refractivity contribution < 1.29 is 19.4 Å². The van der Waals surface area contributed by atoms with Crippen molar-refractivity contribution in [2.75, 3.05) is 13.2 Å². The van der Waals surface area contributed by atoms with Gasteiger partial charge in [-0.05, 0) is 95.1 Å². The molecule has 4 nitrogen and oxygen atoms in total. The highest BCUT2D eigenvalue weighted by molar-refractivity contribution is 14.1. The molecule has 0 aliphatic heterocycles. The van der Waals surface area contributed by atoms with Gasteiger partial charge in [0.2, 0.25) is 0 Å². The average Bonchev–Trinajstić information content (AvgIpc) is 2.72. The van der Waals surface area contributed by atoms with E-state index < -0.39 is 5.97 Å². The number of halogens is 1. The van der Waals surface area contributed by atoms with Gasteiger partial charge in [-0.15, -0.1) is 0 Å². The summed E-state index contributed by atoms with van der Waals surface area (Å²) >= 11 is 2.30. The zero-order chi connectivity index (χ0) is 21.5. The van der Waals surface area contributed by atoms with Crippen molar-refractivity contribution in [1.82, 2.24) is 0 Å². The van der Waals surface area contributed by atoms with E-state index in [4.69, 9.17) is 14.6 Å². The van der Waals surface area contributed by atoms with Crippen molar-refractivity contribution in [3.8, 4) is 11.5 Å². The van der Waals surface area contributed by atoms with Crippen molar-refractivity contribution in [2.24, 2.45) is 0 Å². The first kappa shape index (κ1) is 21.9. The van der Waals surface area contributed by atoms with Crippen LogP contribution in [0.15, 0.2) is 72.8 Å². The van der Waals surface area contributed by atoms with Gasteiger partial charge in [-0.3, -0.25) is 0 Å². The summed E-state index contributed by atoms with van der Waals surface area (Å²) in [6.07, 6.45) is 2.08. The van der Waals surface area contributed by atoms with E-state index in [-0.39, 0.29) is 6.61 Å². The molecule has 0 bridgehead atoms. The zero-order valence-corrected chi connectivity index (χ0v) is 19.0. The summed E-state index contributed by atoms with van der Waals surface area (Å²) in [7, 11) is 0. The average molecular weight is 514 g/mol. The predicted octanol–water partition coefficient (Wildman–Crippen LogP) is 5.88. The van der Waals surface area contributed by atoms with Crippen molar-refractivity contribution in [3.05, 3.63) is 98.6 Å². The standard InChI is InChI=1S/C25H23IO4/c1-17-3-5-19(6-4-17)23(20-7-9-21(26)10-8-20)13-14-29-22-11-12-24(18(2)15-22)30-16-25(27)28/h3-13,15H,14,16H2,1-2H3,(H,27,28)/b23-13+. The number of carboxylic acids is 1. The Hall–Kier alpha value is -2.80. The van der Waals surface area contributed by atoms with E-state index in [0.717, 1.165) is 22.3 Å². The molecule has 0 saturated heterocycles. The second-order valence-corrected chi connectivity index (χ2v) is 8.16. The largest absolute Gasteiger partial charge is 0.489 e. The maximum absolute atomic E-state index is 10.7. The minimum absolute atomic E-state index is 0.361. The molecule has 0 unspecified atom stereocenters. The number of hydrogen-bond donors (Lipinski definition) is 1. The van der Waals surface area contributed by atoms with Gasteiger partial charge < -0.3 is 14.6 Å². The fourth-order valence-electron chi connectivity index (χ4n) is 3.00. The van der Waals surface area contributed by atoms with E-state index in [1.54, 1.807) is 12.1 Å². The molecule has 3 rings (SSSR count). The van der Waals surface area contributed by atoms with Crippen molar-refractivity contribution >= 4 is 34.1 Å². The Kier molecular flexibility index (Phi) is 7.52. The van der Waals surface area contributed by atoms with E-state index in [9.17, 15) is 4.79 Å². The molecule has 0 aliphatic rings. The van der Waals surface area contributed by atoms with Gasteiger partial charge in [-0.2, -0.15) is 0 Å². The fourth-order valence-corrected chi connectivity index (χ4v) is 3.36. The van der Waals surface area contributed by atoms with Gasteiger partial charge in [0.15, 0.2) is 6.61 Å². The Morgan fingerprint density at radius 1 is 0.933 bits per heavy atom. The van der Waals surface area contributed by atoms with Gasteiger partial charge in [0.1, 0.15) is 18.1 Å². The molecule has 30 heavy (non-hydrogen) atoms. The van der Waals surface area contributed by atoms with Gasteiger partial charge in [0, 0.05) is 3.57 Å². The Labute approximate surface area is 190 Å². The lowest BCUT2D eigenvalue weighted by Crippen LogP contribution is -2.10. The summed E-state index contributed by atoms with van der Waals surface area (Å²) < 4.78 is 12.4. The normalized spacial score (nSPS) is 11.2. The summed E-state index contributed by atoms with van der Waals surface area (Å²) in [5.74, 6) is 0.246. The molecule has 3 aromatic rings. The number of aliphatic carboxylic acids is 1. The van der Waals surface area contributed by atoms with Gasteiger partial charge >= 0.3 is 5.97 Å². The third-order valence-corrected chi connectivity index (χ3v) is 5.27. The lowest BCUT2D eigenvalue weighted by atomic mass is 9.97. The predicted molar refractivity (Wildman–Crippen MR) is 127 cm³/mol. The topological polar surface area (TPSA) is 55.8 Å². The van der Waals surface area contributed by atoms with Crippen molar-refractivity contribution in [3.63, 3.8) is 0 Å². The smallest absolute Gasteiger partial charge is 0.341 e. The second kappa shape index (κ2) is 10.3. The van der Waals surface area contributed by atoms with Crippen molar-refractivity contribution in [1.29, 1.82) is 0 Å². The molecule has 0 atom stereocenters. The molecule has 0 aliphatic carbocycles. The molecule has 1 N–H and O–H groups in total. The van der Waals surface area contributed by atoms with Gasteiger partial charge in [-0.25, -0.2) is 4.79 Å². The van der Waals surface area contributed by atoms with Crippen LogP contribution in [0.3, 0.4) is 0 Å². The fraction of sp³-hybridized carbons (Fsp3) is 0.160. The monoisotopic (exact) mass is 514 g/mol. The molecule has 0 radical (unpaired) electrons. The summed E-state index contributed by atoms with van der Waals surface area (Å²) in [4.78, 5) is 10.7. The summed E-state index contributed by atoms with van der Waals surface area (Å²) in [5.41, 5.74) is 5.44. The molecule has 0 fully saturated rings. The van der Waals surface area contributed by atoms with Crippen LogP contribution in [0.4, 0.5) is 0 Å². The van der Waals surface area contributed by atoms with Gasteiger partial charge in [0.25, 0.3) is 0 Å². The first-order valence-electron chi connectivity index (χ1n) is 9.53. The molecule has 0 spiro atoms. The van der Waals surface area contributed by atoms with E-state index in [0.29, 0.717) is 18.1 Å². The Bertz CT molecular complexity index is 990. The molecule has 154 valence electrons. The highest BCUT2D eigenvalue weighted by Gasteiger charge is 2.07. The van der Waals surface area contributed by atoms with E-state index in [1.807, 2.05) is 13.0 Å². The van der Waals surface area contributed by atoms with E-state index in [1.165, 1.54) is 9.13 Å². The van der Waals surface area contributed by atoms with E-state index >= 15 is 0 Å². The quantitative estimate of drug-likeness (QED) is 0.382. The van der Waals surface area contributed by atoms with Crippen LogP contribution in [-0.4, -0.2) is 24.3 Å². The number of aryl methyl sites for hydroxylation is 2. The number of rotatable bonds is 8. The number of hydrogen-bond acceptors (Lipinski definition) is 3. The minimum atomic E-state index is -1.00. The molecule has 0 heterocycles. The number of carbonyl (C=O) groups is 1. The lowest BCUT2D eigenvalue weighted by Gasteiger charge is -2.12. The van der Waals surface area contributed by atoms with Crippen LogP contribution in [0.25, 0.3) is 5.57 Å².